The van der Waals surface area contributed by atoms with E-state index in [0.717, 1.165) is 5.69 Å². The minimum atomic E-state index is -0.950. The number of aromatic nitrogens is 4. The number of aryl methyl sites for hydroxylation is 1. The van der Waals surface area contributed by atoms with Crippen LogP contribution in [-0.4, -0.2) is 32.7 Å². The molecule has 0 saturated carbocycles. The number of halogens is 2. The van der Waals surface area contributed by atoms with Crippen molar-refractivity contribution in [3.8, 4) is 0 Å². The molecule has 0 fully saturated rings. The van der Waals surface area contributed by atoms with Crippen LogP contribution in [-0.2, 0) is 4.74 Å². The second-order valence-electron chi connectivity index (χ2n) is 3.79. The molecule has 0 atom stereocenters. The summed E-state index contributed by atoms with van der Waals surface area (Å²) in [6.45, 7) is 3.48. The summed E-state index contributed by atoms with van der Waals surface area (Å²) < 4.78 is 18.8. The molecule has 0 spiro atoms. The van der Waals surface area contributed by atoms with E-state index in [2.05, 4.69) is 25.5 Å². The summed E-state index contributed by atoms with van der Waals surface area (Å²) in [4.78, 5) is 18.8. The van der Waals surface area contributed by atoms with Crippen LogP contribution in [0.4, 0.5) is 16.0 Å². The largest absolute Gasteiger partial charge is 0.461 e. The van der Waals surface area contributed by atoms with Gasteiger partial charge in [0.2, 0.25) is 5.28 Å². The van der Waals surface area contributed by atoms with E-state index in [-0.39, 0.29) is 17.7 Å². The highest BCUT2D eigenvalue weighted by Crippen LogP contribution is 2.21. The number of H-pyrrole nitrogens is 1. The molecule has 0 aliphatic heterocycles. The second kappa shape index (κ2) is 5.83. The summed E-state index contributed by atoms with van der Waals surface area (Å²) in [6.07, 6.45) is 0. The Morgan fingerprint density at radius 3 is 2.90 bits per heavy atom. The van der Waals surface area contributed by atoms with Gasteiger partial charge in [-0.05, 0) is 25.4 Å². The Balaban J connectivity index is 2.36. The van der Waals surface area contributed by atoms with Crippen molar-refractivity contribution in [2.45, 2.75) is 13.8 Å². The Morgan fingerprint density at radius 2 is 2.30 bits per heavy atom. The number of esters is 1. The minimum Gasteiger partial charge on any atom is -0.461 e. The van der Waals surface area contributed by atoms with Gasteiger partial charge in [0, 0.05) is 11.8 Å². The average molecular weight is 300 g/mol. The first-order valence-electron chi connectivity index (χ1n) is 5.70. The third-order valence-corrected chi connectivity index (χ3v) is 2.41. The minimum absolute atomic E-state index is 0.0984. The van der Waals surface area contributed by atoms with Crippen molar-refractivity contribution in [3.63, 3.8) is 0 Å². The molecule has 0 aromatic carbocycles. The summed E-state index contributed by atoms with van der Waals surface area (Å²) in [6, 6.07) is 1.64. The van der Waals surface area contributed by atoms with E-state index in [1.54, 1.807) is 19.9 Å². The van der Waals surface area contributed by atoms with Crippen molar-refractivity contribution < 1.29 is 13.9 Å². The Bertz CT molecular complexity index is 646. The maximum absolute atomic E-state index is 14.1. The van der Waals surface area contributed by atoms with E-state index in [1.807, 2.05) is 0 Å². The predicted octanol–water partition coefficient (Wildman–Crippen LogP) is 2.22. The van der Waals surface area contributed by atoms with Crippen LogP contribution >= 0.6 is 11.6 Å². The third-order valence-electron chi connectivity index (χ3n) is 2.25. The Hall–Kier alpha value is -2.22. The number of carbonyl (C=O) groups excluding carboxylic acids is 1. The van der Waals surface area contributed by atoms with Gasteiger partial charge in [0.15, 0.2) is 23.1 Å². The Morgan fingerprint density at radius 1 is 1.55 bits per heavy atom. The monoisotopic (exact) mass is 299 g/mol. The Kier molecular flexibility index (Phi) is 4.14. The molecule has 2 heterocycles. The lowest BCUT2D eigenvalue weighted by Crippen LogP contribution is -2.13. The van der Waals surface area contributed by atoms with Gasteiger partial charge >= 0.3 is 5.97 Å². The quantitative estimate of drug-likeness (QED) is 0.664. The van der Waals surface area contributed by atoms with Crippen LogP contribution in [0.25, 0.3) is 0 Å². The van der Waals surface area contributed by atoms with Crippen LogP contribution in [0.15, 0.2) is 6.07 Å². The van der Waals surface area contributed by atoms with Crippen molar-refractivity contribution in [1.82, 2.24) is 20.2 Å². The number of aromatic amines is 1. The van der Waals surface area contributed by atoms with E-state index >= 15 is 0 Å². The molecule has 0 saturated heterocycles. The fraction of sp³-hybridized carbons (Fsp3) is 0.273. The summed E-state index contributed by atoms with van der Waals surface area (Å²) >= 11 is 5.67. The van der Waals surface area contributed by atoms with E-state index in [1.165, 1.54) is 0 Å². The molecular formula is C11H11ClFN5O2. The van der Waals surface area contributed by atoms with Gasteiger partial charge in [0.25, 0.3) is 0 Å². The van der Waals surface area contributed by atoms with Crippen LogP contribution in [0.2, 0.25) is 5.28 Å². The van der Waals surface area contributed by atoms with Crippen molar-refractivity contribution in [2.24, 2.45) is 0 Å². The molecule has 2 aromatic rings. The number of ether oxygens (including phenoxy) is 1. The highest BCUT2D eigenvalue weighted by Gasteiger charge is 2.21. The average Bonchev–Trinajstić information content (AvgIpc) is 2.79. The van der Waals surface area contributed by atoms with E-state index < -0.39 is 17.5 Å². The first-order chi connectivity index (χ1) is 9.51. The number of carbonyl (C=O) groups is 1. The molecule has 0 amide bonds. The van der Waals surface area contributed by atoms with Crippen molar-refractivity contribution in [1.29, 1.82) is 0 Å². The van der Waals surface area contributed by atoms with Gasteiger partial charge in [-0.15, -0.1) is 0 Å². The predicted molar refractivity (Wildman–Crippen MR) is 69.6 cm³/mol. The zero-order valence-electron chi connectivity index (χ0n) is 10.7. The van der Waals surface area contributed by atoms with Crippen LogP contribution in [0.1, 0.15) is 23.1 Å². The highest BCUT2D eigenvalue weighted by molar-refractivity contribution is 6.28. The standard InChI is InChI=1S/C11H11ClFN5O2/c1-3-20-10(19)8-7(13)9(16-11(12)15-8)14-6-4-5(2)17-18-6/h4H,3H2,1-2H3,(H2,14,15,16,17,18). The van der Waals surface area contributed by atoms with Crippen LogP contribution < -0.4 is 5.32 Å². The van der Waals surface area contributed by atoms with E-state index in [9.17, 15) is 9.18 Å². The summed E-state index contributed by atoms with van der Waals surface area (Å²) in [5.74, 6) is -1.77. The molecule has 0 unspecified atom stereocenters. The zero-order chi connectivity index (χ0) is 14.7. The number of hydrogen-bond donors (Lipinski definition) is 2. The van der Waals surface area contributed by atoms with Crippen LogP contribution in [0.5, 0.6) is 0 Å². The van der Waals surface area contributed by atoms with Gasteiger partial charge < -0.3 is 10.1 Å². The normalized spacial score (nSPS) is 10.4. The summed E-state index contributed by atoms with van der Waals surface area (Å²) in [7, 11) is 0. The van der Waals surface area contributed by atoms with Crippen LogP contribution in [0.3, 0.4) is 0 Å². The van der Waals surface area contributed by atoms with Crippen LogP contribution in [0, 0.1) is 12.7 Å². The number of rotatable bonds is 4. The Labute approximate surface area is 118 Å². The maximum Gasteiger partial charge on any atom is 0.360 e. The number of nitrogens with one attached hydrogen (secondary N) is 2. The lowest BCUT2D eigenvalue weighted by molar-refractivity contribution is 0.0513. The molecule has 7 nitrogen and oxygen atoms in total. The molecule has 0 aliphatic rings. The fourth-order valence-corrected chi connectivity index (χ4v) is 1.61. The molecule has 9 heteroatoms. The van der Waals surface area contributed by atoms with E-state index in [4.69, 9.17) is 16.3 Å². The summed E-state index contributed by atoms with van der Waals surface area (Å²) in [5, 5.41) is 8.88. The smallest absolute Gasteiger partial charge is 0.360 e. The fourth-order valence-electron chi connectivity index (χ4n) is 1.44. The summed E-state index contributed by atoms with van der Waals surface area (Å²) in [5.41, 5.74) is 0.250. The first kappa shape index (κ1) is 14.2. The van der Waals surface area contributed by atoms with Crippen molar-refractivity contribution >= 4 is 29.2 Å². The molecule has 0 aliphatic carbocycles. The highest BCUT2D eigenvalue weighted by atomic mass is 35.5. The van der Waals surface area contributed by atoms with Gasteiger partial charge in [-0.25, -0.2) is 14.2 Å². The molecule has 2 N–H and O–H groups in total. The first-order valence-corrected chi connectivity index (χ1v) is 6.08. The zero-order valence-corrected chi connectivity index (χ0v) is 11.5. The van der Waals surface area contributed by atoms with Crippen molar-refractivity contribution in [3.05, 3.63) is 28.6 Å². The van der Waals surface area contributed by atoms with Crippen molar-refractivity contribution in [2.75, 3.05) is 11.9 Å². The second-order valence-corrected chi connectivity index (χ2v) is 4.12. The topological polar surface area (TPSA) is 92.8 Å². The number of nitrogens with zero attached hydrogens (tertiary/aromatic N) is 3. The maximum atomic E-state index is 14.1. The molecule has 0 bridgehead atoms. The molecule has 2 rings (SSSR count). The van der Waals surface area contributed by atoms with Gasteiger partial charge in [-0.2, -0.15) is 10.1 Å². The molecule has 106 valence electrons. The number of hydrogen-bond acceptors (Lipinski definition) is 6. The lowest BCUT2D eigenvalue weighted by Gasteiger charge is -2.07. The van der Waals surface area contributed by atoms with Gasteiger partial charge in [-0.3, -0.25) is 5.10 Å². The third kappa shape index (κ3) is 3.02. The molecular weight excluding hydrogens is 289 g/mol. The molecule has 2 aromatic heterocycles. The SMILES string of the molecule is CCOC(=O)c1nc(Cl)nc(Nc2cc(C)[nH]n2)c1F. The molecule has 20 heavy (non-hydrogen) atoms. The van der Waals surface area contributed by atoms with Gasteiger partial charge in [0.05, 0.1) is 6.61 Å². The number of anilines is 2. The molecule has 0 radical (unpaired) electrons. The lowest BCUT2D eigenvalue weighted by atomic mass is 10.3. The van der Waals surface area contributed by atoms with E-state index in [0.29, 0.717) is 5.82 Å². The van der Waals surface area contributed by atoms with Gasteiger partial charge in [-0.1, -0.05) is 0 Å². The van der Waals surface area contributed by atoms with Gasteiger partial charge in [0.1, 0.15) is 0 Å².